The Balaban J connectivity index is 0.00000225. The fourth-order valence-corrected chi connectivity index (χ4v) is 3.53. The first-order valence-corrected chi connectivity index (χ1v) is 8.85. The fourth-order valence-electron chi connectivity index (χ4n) is 2.80. The van der Waals surface area contributed by atoms with Crippen molar-refractivity contribution in [2.24, 2.45) is 4.99 Å². The van der Waals surface area contributed by atoms with Gasteiger partial charge in [-0.25, -0.2) is 9.37 Å². The van der Waals surface area contributed by atoms with Gasteiger partial charge in [0.25, 0.3) is 0 Å². The maximum Gasteiger partial charge on any atom is 0.194 e. The number of hydrogen-bond donors (Lipinski definition) is 1. The van der Waals surface area contributed by atoms with Crippen LogP contribution in [0.15, 0.2) is 35.5 Å². The van der Waals surface area contributed by atoms with Crippen molar-refractivity contribution in [3.63, 3.8) is 0 Å². The van der Waals surface area contributed by atoms with Gasteiger partial charge in [0.15, 0.2) is 5.96 Å². The van der Waals surface area contributed by atoms with Crippen molar-refractivity contribution in [1.29, 1.82) is 0 Å². The summed E-state index contributed by atoms with van der Waals surface area (Å²) >= 11 is 1.70. The molecule has 25 heavy (non-hydrogen) atoms. The van der Waals surface area contributed by atoms with E-state index in [1.54, 1.807) is 11.3 Å². The highest BCUT2D eigenvalue weighted by Gasteiger charge is 2.20. The molecule has 2 aromatic rings. The second-order valence-corrected chi connectivity index (χ2v) is 7.04. The molecule has 0 atom stereocenters. The highest BCUT2D eigenvalue weighted by molar-refractivity contribution is 14.0. The summed E-state index contributed by atoms with van der Waals surface area (Å²) in [4.78, 5) is 14.5. The summed E-state index contributed by atoms with van der Waals surface area (Å²) in [6, 6.07) is 6.70. The van der Waals surface area contributed by atoms with Gasteiger partial charge in [-0.3, -0.25) is 4.99 Å². The molecule has 0 aliphatic carbocycles. The SMILES string of the molecule is CN=C(NCc1ncc(C)s1)N1CCN(c2ccc(F)cc2)CC1.I. The molecule has 1 N–H and O–H groups in total. The van der Waals surface area contributed by atoms with E-state index < -0.39 is 0 Å². The van der Waals surface area contributed by atoms with Crippen LogP contribution < -0.4 is 10.2 Å². The number of hydrogen-bond acceptors (Lipinski definition) is 4. The molecule has 3 rings (SSSR count). The average Bonchev–Trinajstić information content (AvgIpc) is 3.02. The normalized spacial score (nSPS) is 15.1. The van der Waals surface area contributed by atoms with Gasteiger partial charge in [0.05, 0.1) is 6.54 Å². The lowest BCUT2D eigenvalue weighted by atomic mass is 10.2. The molecule has 0 radical (unpaired) electrons. The quantitative estimate of drug-likeness (QED) is 0.421. The van der Waals surface area contributed by atoms with E-state index in [1.807, 2.05) is 25.4 Å². The third-order valence-corrected chi connectivity index (χ3v) is 4.96. The summed E-state index contributed by atoms with van der Waals surface area (Å²) in [6.07, 6.45) is 1.89. The Bertz CT molecular complexity index is 695. The second-order valence-electron chi connectivity index (χ2n) is 5.72. The first-order valence-electron chi connectivity index (χ1n) is 8.03. The Hall–Kier alpha value is -1.42. The molecule has 1 aromatic carbocycles. The van der Waals surface area contributed by atoms with Gasteiger partial charge < -0.3 is 15.1 Å². The number of thiazole rings is 1. The molecule has 0 unspecified atom stereocenters. The van der Waals surface area contributed by atoms with Crippen LogP contribution in [0, 0.1) is 12.7 Å². The van der Waals surface area contributed by atoms with Crippen LogP contribution in [0.4, 0.5) is 10.1 Å². The number of piperazine rings is 1. The monoisotopic (exact) mass is 475 g/mol. The molecule has 1 aliphatic rings. The molecule has 1 saturated heterocycles. The molecule has 1 fully saturated rings. The van der Waals surface area contributed by atoms with Crippen molar-refractivity contribution in [3.05, 3.63) is 46.2 Å². The summed E-state index contributed by atoms with van der Waals surface area (Å²) in [7, 11) is 1.81. The standard InChI is InChI=1S/C17H22FN5S.HI/c1-13-11-20-16(24-13)12-21-17(19-2)23-9-7-22(8-10-23)15-5-3-14(18)4-6-15;/h3-6,11H,7-10,12H2,1-2H3,(H,19,21);1H. The molecule has 1 aromatic heterocycles. The maximum absolute atomic E-state index is 13.0. The summed E-state index contributed by atoms with van der Waals surface area (Å²) in [5.41, 5.74) is 1.07. The second kappa shape index (κ2) is 9.33. The molecule has 2 heterocycles. The van der Waals surface area contributed by atoms with Crippen LogP contribution in [0.5, 0.6) is 0 Å². The zero-order valence-electron chi connectivity index (χ0n) is 14.4. The molecule has 136 valence electrons. The molecule has 0 amide bonds. The number of nitrogens with one attached hydrogen (secondary N) is 1. The van der Waals surface area contributed by atoms with E-state index in [2.05, 4.69) is 32.0 Å². The zero-order valence-corrected chi connectivity index (χ0v) is 17.6. The molecular weight excluding hydrogens is 452 g/mol. The van der Waals surface area contributed by atoms with Gasteiger partial charge in [-0.15, -0.1) is 35.3 Å². The summed E-state index contributed by atoms with van der Waals surface area (Å²) < 4.78 is 13.0. The highest BCUT2D eigenvalue weighted by atomic mass is 127. The van der Waals surface area contributed by atoms with Gasteiger partial charge in [-0.1, -0.05) is 0 Å². The predicted octanol–water partition coefficient (Wildman–Crippen LogP) is 3.11. The van der Waals surface area contributed by atoms with Crippen LogP contribution in [0.25, 0.3) is 0 Å². The largest absolute Gasteiger partial charge is 0.368 e. The minimum Gasteiger partial charge on any atom is -0.368 e. The van der Waals surface area contributed by atoms with Crippen molar-refractivity contribution in [1.82, 2.24) is 15.2 Å². The van der Waals surface area contributed by atoms with E-state index >= 15 is 0 Å². The van der Waals surface area contributed by atoms with Gasteiger partial charge in [-0.2, -0.15) is 0 Å². The molecule has 8 heteroatoms. The molecular formula is C17H23FIN5S. The lowest BCUT2D eigenvalue weighted by Gasteiger charge is -2.37. The lowest BCUT2D eigenvalue weighted by molar-refractivity contribution is 0.372. The van der Waals surface area contributed by atoms with Crippen LogP contribution in [0.2, 0.25) is 0 Å². The van der Waals surface area contributed by atoms with Crippen molar-refractivity contribution in [2.45, 2.75) is 13.5 Å². The van der Waals surface area contributed by atoms with E-state index in [0.29, 0.717) is 6.54 Å². The van der Waals surface area contributed by atoms with Gasteiger partial charge in [-0.05, 0) is 31.2 Å². The van der Waals surface area contributed by atoms with Crippen molar-refractivity contribution in [3.8, 4) is 0 Å². The van der Waals surface area contributed by atoms with Gasteiger partial charge in [0.2, 0.25) is 0 Å². The third-order valence-electron chi connectivity index (χ3n) is 4.05. The summed E-state index contributed by atoms with van der Waals surface area (Å²) in [5.74, 6) is 0.709. The molecule has 0 spiro atoms. The minimum absolute atomic E-state index is 0. The average molecular weight is 475 g/mol. The van der Waals surface area contributed by atoms with E-state index in [-0.39, 0.29) is 29.8 Å². The first kappa shape index (κ1) is 19.9. The first-order chi connectivity index (χ1) is 11.7. The van der Waals surface area contributed by atoms with Crippen LogP contribution in [-0.4, -0.2) is 49.1 Å². The number of aryl methyl sites for hydroxylation is 1. The van der Waals surface area contributed by atoms with Crippen molar-refractivity contribution < 1.29 is 4.39 Å². The van der Waals surface area contributed by atoms with Crippen molar-refractivity contribution >= 4 is 47.0 Å². The Morgan fingerprint density at radius 1 is 1.24 bits per heavy atom. The van der Waals surface area contributed by atoms with Gasteiger partial charge in [0, 0.05) is 50.0 Å². The number of nitrogens with zero attached hydrogens (tertiary/aromatic N) is 4. The number of rotatable bonds is 3. The number of halogens is 2. The van der Waals surface area contributed by atoms with E-state index in [0.717, 1.165) is 42.8 Å². The van der Waals surface area contributed by atoms with Crippen LogP contribution in [0.1, 0.15) is 9.88 Å². The fraction of sp³-hybridized carbons (Fsp3) is 0.412. The third kappa shape index (κ3) is 5.27. The Labute approximate surface area is 169 Å². The van der Waals surface area contributed by atoms with E-state index in [1.165, 1.54) is 17.0 Å². The Morgan fingerprint density at radius 3 is 2.48 bits per heavy atom. The number of aliphatic imine (C=N–C) groups is 1. The van der Waals surface area contributed by atoms with Gasteiger partial charge in [0.1, 0.15) is 10.8 Å². The number of benzene rings is 1. The Morgan fingerprint density at radius 2 is 1.92 bits per heavy atom. The van der Waals surface area contributed by atoms with Gasteiger partial charge >= 0.3 is 0 Å². The van der Waals surface area contributed by atoms with Crippen LogP contribution in [-0.2, 0) is 6.54 Å². The van der Waals surface area contributed by atoms with Crippen LogP contribution in [0.3, 0.4) is 0 Å². The van der Waals surface area contributed by atoms with E-state index in [9.17, 15) is 4.39 Å². The summed E-state index contributed by atoms with van der Waals surface area (Å²) in [6.45, 7) is 6.31. The smallest absolute Gasteiger partial charge is 0.194 e. The topological polar surface area (TPSA) is 43.8 Å². The summed E-state index contributed by atoms with van der Waals surface area (Å²) in [5, 5.41) is 4.45. The predicted molar refractivity (Wildman–Crippen MR) is 113 cm³/mol. The minimum atomic E-state index is -0.195. The Kier molecular flexibility index (Phi) is 7.42. The lowest BCUT2D eigenvalue weighted by Crippen LogP contribution is -2.52. The molecule has 5 nitrogen and oxygen atoms in total. The zero-order chi connectivity index (χ0) is 16.9. The molecule has 1 aliphatic heterocycles. The molecule has 0 bridgehead atoms. The number of guanidine groups is 1. The molecule has 0 saturated carbocycles. The highest BCUT2D eigenvalue weighted by Crippen LogP contribution is 2.17. The van der Waals surface area contributed by atoms with Crippen molar-refractivity contribution in [2.75, 3.05) is 38.1 Å². The number of anilines is 1. The van der Waals surface area contributed by atoms with E-state index in [4.69, 9.17) is 0 Å². The maximum atomic E-state index is 13.0. The van der Waals surface area contributed by atoms with Crippen LogP contribution >= 0.6 is 35.3 Å². The number of aromatic nitrogens is 1.